The fourth-order valence-electron chi connectivity index (χ4n) is 0.851. The Morgan fingerprint density at radius 1 is 1.46 bits per heavy atom. The number of nitriles is 1. The quantitative estimate of drug-likeness (QED) is 0.810. The minimum absolute atomic E-state index is 0.123. The van der Waals surface area contributed by atoms with Crippen molar-refractivity contribution in [1.29, 1.82) is 5.26 Å². The molecule has 0 bridgehead atoms. The van der Waals surface area contributed by atoms with Crippen molar-refractivity contribution in [2.45, 2.75) is 6.43 Å². The van der Waals surface area contributed by atoms with Gasteiger partial charge in [-0.15, -0.1) is 0 Å². The second kappa shape index (κ2) is 3.87. The fourth-order valence-corrected chi connectivity index (χ4v) is 1.50. The molecule has 1 N–H and O–H groups in total. The highest BCUT2D eigenvalue weighted by Crippen LogP contribution is 2.32. The van der Waals surface area contributed by atoms with Crippen LogP contribution in [0.15, 0.2) is 12.1 Å². The molecule has 0 saturated heterocycles. The lowest BCUT2D eigenvalue weighted by Gasteiger charge is -2.05. The molecule has 1 rings (SSSR count). The van der Waals surface area contributed by atoms with Crippen LogP contribution in [-0.2, 0) is 0 Å². The van der Waals surface area contributed by atoms with Gasteiger partial charge in [0, 0.05) is 0 Å². The van der Waals surface area contributed by atoms with Crippen LogP contribution in [0.4, 0.5) is 8.78 Å². The van der Waals surface area contributed by atoms with Gasteiger partial charge < -0.3 is 5.11 Å². The lowest BCUT2D eigenvalue weighted by atomic mass is 10.1. The summed E-state index contributed by atoms with van der Waals surface area (Å²) >= 11 is 1.70. The summed E-state index contributed by atoms with van der Waals surface area (Å²) in [7, 11) is 0. The number of benzene rings is 1. The lowest BCUT2D eigenvalue weighted by Crippen LogP contribution is -1.90. The molecule has 5 heteroatoms. The van der Waals surface area contributed by atoms with Crippen molar-refractivity contribution in [2.75, 3.05) is 0 Å². The van der Waals surface area contributed by atoms with Crippen molar-refractivity contribution in [3.05, 3.63) is 26.8 Å². The van der Waals surface area contributed by atoms with E-state index in [2.05, 4.69) is 0 Å². The van der Waals surface area contributed by atoms with Gasteiger partial charge in [-0.05, 0) is 34.7 Å². The van der Waals surface area contributed by atoms with Crippen molar-refractivity contribution >= 4 is 22.6 Å². The number of alkyl halides is 2. The predicted molar refractivity (Wildman–Crippen MR) is 50.5 cm³/mol. The molecule has 0 amide bonds. The molecule has 1 aromatic carbocycles. The van der Waals surface area contributed by atoms with Crippen LogP contribution in [0.1, 0.15) is 17.6 Å². The fraction of sp³-hybridized carbons (Fsp3) is 0.125. The SMILES string of the molecule is N#Cc1cc(I)c(O)c(C(F)F)c1. The third-order valence-electron chi connectivity index (χ3n) is 1.46. The number of halogens is 3. The van der Waals surface area contributed by atoms with Gasteiger partial charge in [0.2, 0.25) is 0 Å². The van der Waals surface area contributed by atoms with Crippen LogP contribution in [0.3, 0.4) is 0 Å². The molecule has 1 aromatic rings. The molecule has 2 nitrogen and oxygen atoms in total. The first-order chi connectivity index (χ1) is 6.06. The van der Waals surface area contributed by atoms with E-state index in [9.17, 15) is 13.9 Å². The second-order valence-corrected chi connectivity index (χ2v) is 3.47. The first-order valence-corrected chi connectivity index (χ1v) is 4.34. The minimum Gasteiger partial charge on any atom is -0.506 e. The maximum atomic E-state index is 12.3. The molecule has 0 aliphatic carbocycles. The van der Waals surface area contributed by atoms with E-state index in [0.29, 0.717) is 0 Å². The van der Waals surface area contributed by atoms with Crippen molar-refractivity contribution in [3.63, 3.8) is 0 Å². The number of rotatable bonds is 1. The van der Waals surface area contributed by atoms with Crippen molar-refractivity contribution in [2.24, 2.45) is 0 Å². The number of hydrogen-bond donors (Lipinski definition) is 1. The third kappa shape index (κ3) is 2.06. The Morgan fingerprint density at radius 3 is 2.54 bits per heavy atom. The predicted octanol–water partition coefficient (Wildman–Crippen LogP) is 2.81. The number of phenolic OH excluding ortho intramolecular Hbond substituents is 1. The summed E-state index contributed by atoms with van der Waals surface area (Å²) in [5, 5.41) is 17.7. The van der Waals surface area contributed by atoms with Crippen LogP contribution in [0.5, 0.6) is 5.75 Å². The maximum Gasteiger partial charge on any atom is 0.267 e. The molecule has 0 saturated carbocycles. The van der Waals surface area contributed by atoms with Crippen molar-refractivity contribution in [3.8, 4) is 11.8 Å². The van der Waals surface area contributed by atoms with Crippen LogP contribution >= 0.6 is 22.6 Å². The summed E-state index contributed by atoms with van der Waals surface area (Å²) in [6.45, 7) is 0. The zero-order valence-electron chi connectivity index (χ0n) is 6.26. The molecule has 0 spiro atoms. The normalized spacial score (nSPS) is 10.1. The van der Waals surface area contributed by atoms with Gasteiger partial charge in [0.15, 0.2) is 0 Å². The van der Waals surface area contributed by atoms with Crippen molar-refractivity contribution in [1.82, 2.24) is 0 Å². The van der Waals surface area contributed by atoms with Crippen LogP contribution in [-0.4, -0.2) is 5.11 Å². The van der Waals surface area contributed by atoms with E-state index in [-0.39, 0.29) is 9.13 Å². The van der Waals surface area contributed by atoms with Gasteiger partial charge in [-0.1, -0.05) is 0 Å². The number of aromatic hydroxyl groups is 1. The summed E-state index contributed by atoms with van der Waals surface area (Å²) in [6, 6.07) is 4.08. The highest BCUT2D eigenvalue weighted by Gasteiger charge is 2.16. The van der Waals surface area contributed by atoms with E-state index in [0.717, 1.165) is 6.07 Å². The summed E-state index contributed by atoms with van der Waals surface area (Å²) in [6.07, 6.45) is -2.76. The molecule has 68 valence electrons. The van der Waals surface area contributed by atoms with Gasteiger partial charge in [0.05, 0.1) is 20.8 Å². The van der Waals surface area contributed by atoms with Gasteiger partial charge in [0.1, 0.15) is 5.75 Å². The topological polar surface area (TPSA) is 44.0 Å². The number of hydrogen-bond acceptors (Lipinski definition) is 2. The minimum atomic E-state index is -2.76. The molecule has 0 radical (unpaired) electrons. The van der Waals surface area contributed by atoms with Crippen molar-refractivity contribution < 1.29 is 13.9 Å². The molecule has 0 unspecified atom stereocenters. The van der Waals surface area contributed by atoms with Gasteiger partial charge in [-0.25, -0.2) is 8.78 Å². The average molecular weight is 295 g/mol. The largest absolute Gasteiger partial charge is 0.506 e. The Morgan fingerprint density at radius 2 is 2.08 bits per heavy atom. The third-order valence-corrected chi connectivity index (χ3v) is 2.28. The maximum absolute atomic E-state index is 12.3. The Kier molecular flexibility index (Phi) is 3.03. The summed E-state index contributed by atoms with van der Waals surface area (Å²) in [5.41, 5.74) is -0.374. The summed E-state index contributed by atoms with van der Waals surface area (Å²) in [4.78, 5) is 0. The molecule has 0 fully saturated rings. The van der Waals surface area contributed by atoms with Crippen LogP contribution in [0.2, 0.25) is 0 Å². The van der Waals surface area contributed by atoms with E-state index in [1.54, 1.807) is 28.7 Å². The van der Waals surface area contributed by atoms with Gasteiger partial charge in [0.25, 0.3) is 6.43 Å². The monoisotopic (exact) mass is 295 g/mol. The highest BCUT2D eigenvalue weighted by atomic mass is 127. The Balaban J connectivity index is 3.35. The van der Waals surface area contributed by atoms with Crippen LogP contribution < -0.4 is 0 Å². The zero-order valence-corrected chi connectivity index (χ0v) is 8.42. The Labute approximate surface area is 86.9 Å². The molecule has 0 aromatic heterocycles. The molecule has 13 heavy (non-hydrogen) atoms. The number of nitrogens with zero attached hydrogens (tertiary/aromatic N) is 1. The molecule has 0 atom stereocenters. The molecule has 0 aliphatic heterocycles. The van der Waals surface area contributed by atoms with Crippen LogP contribution in [0, 0.1) is 14.9 Å². The molecular formula is C8H4F2INO. The Bertz CT molecular complexity index is 373. The van der Waals surface area contributed by atoms with E-state index >= 15 is 0 Å². The van der Waals surface area contributed by atoms with E-state index in [4.69, 9.17) is 5.26 Å². The second-order valence-electron chi connectivity index (χ2n) is 2.31. The van der Waals surface area contributed by atoms with Crippen LogP contribution in [0.25, 0.3) is 0 Å². The summed E-state index contributed by atoms with van der Waals surface area (Å²) < 4.78 is 24.8. The van der Waals surface area contributed by atoms with E-state index < -0.39 is 17.7 Å². The smallest absolute Gasteiger partial charge is 0.267 e. The average Bonchev–Trinajstić information content (AvgIpc) is 2.09. The summed E-state index contributed by atoms with van der Waals surface area (Å²) in [5.74, 6) is -0.449. The van der Waals surface area contributed by atoms with Gasteiger partial charge >= 0.3 is 0 Å². The first-order valence-electron chi connectivity index (χ1n) is 3.27. The number of phenols is 1. The Hall–Kier alpha value is -0.900. The zero-order chi connectivity index (χ0) is 10.0. The van der Waals surface area contributed by atoms with Gasteiger partial charge in [-0.3, -0.25) is 0 Å². The van der Waals surface area contributed by atoms with Gasteiger partial charge in [-0.2, -0.15) is 5.26 Å². The standard InChI is InChI=1S/C8H4F2INO/c9-8(10)5-1-4(3-12)2-6(11)7(5)13/h1-2,8,13H. The van der Waals surface area contributed by atoms with E-state index in [1.807, 2.05) is 0 Å². The highest BCUT2D eigenvalue weighted by molar-refractivity contribution is 14.1. The molecular weight excluding hydrogens is 291 g/mol. The molecule has 0 heterocycles. The lowest BCUT2D eigenvalue weighted by molar-refractivity contribution is 0.147. The van der Waals surface area contributed by atoms with E-state index in [1.165, 1.54) is 6.07 Å². The first kappa shape index (κ1) is 10.2. The molecule has 0 aliphatic rings.